The highest BCUT2D eigenvalue weighted by atomic mass is 32.2. The van der Waals surface area contributed by atoms with Crippen LogP contribution in [0.4, 0.5) is 0 Å². The van der Waals surface area contributed by atoms with Crippen molar-refractivity contribution in [1.29, 1.82) is 0 Å². The van der Waals surface area contributed by atoms with Crippen LogP contribution in [0.15, 0.2) is 33.1 Å². The lowest BCUT2D eigenvalue weighted by molar-refractivity contribution is 0.0701. The molecule has 0 saturated carbocycles. The number of pyridine rings is 1. The molecule has 0 spiro atoms. The number of hydrogen-bond donors (Lipinski definition) is 1. The maximum Gasteiger partial charge on any atom is 0.347 e. The molecule has 0 radical (unpaired) electrons. The fourth-order valence-corrected chi connectivity index (χ4v) is 4.53. The first-order chi connectivity index (χ1) is 9.15. The van der Waals surface area contributed by atoms with Gasteiger partial charge in [0.15, 0.2) is 4.34 Å². The Morgan fingerprint density at radius 3 is 3.00 bits per heavy atom. The molecule has 0 saturated heterocycles. The van der Waals surface area contributed by atoms with E-state index in [0.717, 1.165) is 10.4 Å². The SMILES string of the molecule is Cc1nc(Sc2nccc3sccc23)sc1C(=O)O. The first-order valence-electron chi connectivity index (χ1n) is 5.36. The number of thiazole rings is 1. The minimum absolute atomic E-state index is 0.292. The van der Waals surface area contributed by atoms with E-state index in [0.29, 0.717) is 14.9 Å². The number of aromatic carboxylic acids is 1. The Labute approximate surface area is 121 Å². The molecule has 0 fully saturated rings. The van der Waals surface area contributed by atoms with Crippen LogP contribution in [0.1, 0.15) is 15.4 Å². The molecule has 3 rings (SSSR count). The summed E-state index contributed by atoms with van der Waals surface area (Å²) in [4.78, 5) is 19.9. The highest BCUT2D eigenvalue weighted by molar-refractivity contribution is 8.01. The van der Waals surface area contributed by atoms with Crippen molar-refractivity contribution in [1.82, 2.24) is 9.97 Å². The summed E-state index contributed by atoms with van der Waals surface area (Å²) >= 11 is 4.26. The third-order valence-corrected chi connectivity index (χ3v) is 5.61. The quantitative estimate of drug-likeness (QED) is 0.794. The Morgan fingerprint density at radius 2 is 2.26 bits per heavy atom. The summed E-state index contributed by atoms with van der Waals surface area (Å²) in [5, 5.41) is 13.0. The van der Waals surface area contributed by atoms with Crippen molar-refractivity contribution in [2.24, 2.45) is 0 Å². The Balaban J connectivity index is 1.99. The maximum absolute atomic E-state index is 11.0. The summed E-state index contributed by atoms with van der Waals surface area (Å²) in [6.07, 6.45) is 1.76. The monoisotopic (exact) mass is 308 g/mol. The van der Waals surface area contributed by atoms with Crippen molar-refractivity contribution in [2.45, 2.75) is 16.3 Å². The van der Waals surface area contributed by atoms with Gasteiger partial charge in [-0.1, -0.05) is 11.3 Å². The van der Waals surface area contributed by atoms with Crippen molar-refractivity contribution in [2.75, 3.05) is 0 Å². The molecule has 0 aliphatic heterocycles. The molecular weight excluding hydrogens is 300 g/mol. The molecule has 96 valence electrons. The molecule has 1 N–H and O–H groups in total. The standard InChI is InChI=1S/C12H8N2O2S3/c1-6-9(11(15)16)18-12(14-6)19-10-7-3-5-17-8(7)2-4-13-10/h2-5H,1H3,(H,15,16). The average Bonchev–Trinajstić information content (AvgIpc) is 2.96. The number of aryl methyl sites for hydroxylation is 1. The topological polar surface area (TPSA) is 63.1 Å². The van der Waals surface area contributed by atoms with Crippen LogP contribution in [-0.4, -0.2) is 21.0 Å². The Morgan fingerprint density at radius 1 is 1.42 bits per heavy atom. The van der Waals surface area contributed by atoms with Crippen LogP contribution in [0.25, 0.3) is 10.1 Å². The van der Waals surface area contributed by atoms with Crippen molar-refractivity contribution in [3.8, 4) is 0 Å². The van der Waals surface area contributed by atoms with Gasteiger partial charge < -0.3 is 5.11 Å². The molecule has 0 aromatic carbocycles. The molecule has 0 aliphatic rings. The number of carbonyl (C=O) groups is 1. The molecule has 19 heavy (non-hydrogen) atoms. The molecule has 3 heterocycles. The Kier molecular flexibility index (Phi) is 3.26. The summed E-state index contributed by atoms with van der Waals surface area (Å²) in [7, 11) is 0. The third-order valence-electron chi connectivity index (χ3n) is 2.50. The molecule has 0 bridgehead atoms. The van der Waals surface area contributed by atoms with E-state index in [2.05, 4.69) is 9.97 Å². The lowest BCUT2D eigenvalue weighted by Gasteiger charge is -1.98. The number of fused-ring (bicyclic) bond motifs is 1. The zero-order valence-electron chi connectivity index (χ0n) is 9.78. The number of rotatable bonds is 3. The maximum atomic E-state index is 11.0. The Hall–Kier alpha value is -1.44. The molecule has 0 atom stereocenters. The fraction of sp³-hybridized carbons (Fsp3) is 0.0833. The van der Waals surface area contributed by atoms with E-state index < -0.39 is 5.97 Å². The normalized spacial score (nSPS) is 11.0. The minimum Gasteiger partial charge on any atom is -0.477 e. The lowest BCUT2D eigenvalue weighted by atomic mass is 10.3. The van der Waals surface area contributed by atoms with E-state index in [4.69, 9.17) is 5.11 Å². The van der Waals surface area contributed by atoms with Gasteiger partial charge in [-0.25, -0.2) is 14.8 Å². The van der Waals surface area contributed by atoms with Crippen molar-refractivity contribution in [3.05, 3.63) is 34.3 Å². The van der Waals surface area contributed by atoms with Crippen molar-refractivity contribution in [3.63, 3.8) is 0 Å². The van der Waals surface area contributed by atoms with Gasteiger partial charge in [0.1, 0.15) is 9.90 Å². The zero-order valence-corrected chi connectivity index (χ0v) is 12.2. The van der Waals surface area contributed by atoms with Gasteiger partial charge >= 0.3 is 5.97 Å². The summed E-state index contributed by atoms with van der Waals surface area (Å²) < 4.78 is 1.88. The molecule has 0 aliphatic carbocycles. The van der Waals surface area contributed by atoms with Gasteiger partial charge in [0, 0.05) is 16.3 Å². The number of carboxylic acid groups (broad SMARTS) is 1. The van der Waals surface area contributed by atoms with Gasteiger partial charge in [-0.2, -0.15) is 0 Å². The van der Waals surface area contributed by atoms with Gasteiger partial charge in [0.05, 0.1) is 5.69 Å². The second-order valence-electron chi connectivity index (χ2n) is 3.75. The first-order valence-corrected chi connectivity index (χ1v) is 7.87. The third kappa shape index (κ3) is 2.36. The van der Waals surface area contributed by atoms with Gasteiger partial charge in [-0.05, 0) is 36.2 Å². The van der Waals surface area contributed by atoms with E-state index in [-0.39, 0.29) is 0 Å². The van der Waals surface area contributed by atoms with E-state index >= 15 is 0 Å². The molecule has 0 unspecified atom stereocenters. The summed E-state index contributed by atoms with van der Waals surface area (Å²) in [6, 6.07) is 3.99. The minimum atomic E-state index is -0.927. The Bertz CT molecular complexity index is 763. The molecule has 4 nitrogen and oxygen atoms in total. The summed E-state index contributed by atoms with van der Waals surface area (Å²) in [5.41, 5.74) is 0.553. The molecule has 3 aromatic rings. The van der Waals surface area contributed by atoms with Crippen LogP contribution in [-0.2, 0) is 0 Å². The highest BCUT2D eigenvalue weighted by Crippen LogP contribution is 2.36. The second-order valence-corrected chi connectivity index (χ2v) is 6.93. The molecule has 7 heteroatoms. The van der Waals surface area contributed by atoms with Crippen LogP contribution in [0.2, 0.25) is 0 Å². The molecule has 3 aromatic heterocycles. The van der Waals surface area contributed by atoms with Gasteiger partial charge in [-0.15, -0.1) is 11.3 Å². The van der Waals surface area contributed by atoms with Crippen LogP contribution in [0.3, 0.4) is 0 Å². The predicted molar refractivity (Wildman–Crippen MR) is 77.6 cm³/mol. The molecular formula is C12H8N2O2S3. The number of carboxylic acids is 1. The summed E-state index contributed by atoms with van der Waals surface area (Å²) in [6.45, 7) is 1.71. The van der Waals surface area contributed by atoms with Crippen LogP contribution in [0.5, 0.6) is 0 Å². The number of hydrogen-bond acceptors (Lipinski definition) is 6. The molecule has 0 amide bonds. The average molecular weight is 308 g/mol. The largest absolute Gasteiger partial charge is 0.477 e. The van der Waals surface area contributed by atoms with E-state index in [9.17, 15) is 4.79 Å². The van der Waals surface area contributed by atoms with E-state index in [1.54, 1.807) is 24.5 Å². The first kappa shape index (κ1) is 12.6. The number of nitrogens with zero attached hydrogens (tertiary/aromatic N) is 2. The second kappa shape index (κ2) is 4.92. The van der Waals surface area contributed by atoms with E-state index in [1.165, 1.54) is 27.8 Å². The fourth-order valence-electron chi connectivity index (χ4n) is 1.65. The van der Waals surface area contributed by atoms with Crippen molar-refractivity contribution >= 4 is 50.5 Å². The van der Waals surface area contributed by atoms with Crippen LogP contribution < -0.4 is 0 Å². The van der Waals surface area contributed by atoms with Gasteiger partial charge in [0.25, 0.3) is 0 Å². The lowest BCUT2D eigenvalue weighted by Crippen LogP contribution is -1.94. The predicted octanol–water partition coefficient (Wildman–Crippen LogP) is 3.91. The number of thiophene rings is 1. The van der Waals surface area contributed by atoms with Gasteiger partial charge in [0.2, 0.25) is 0 Å². The van der Waals surface area contributed by atoms with Gasteiger partial charge in [-0.3, -0.25) is 0 Å². The highest BCUT2D eigenvalue weighted by Gasteiger charge is 2.16. The van der Waals surface area contributed by atoms with Crippen LogP contribution >= 0.6 is 34.4 Å². The number of aromatic nitrogens is 2. The van der Waals surface area contributed by atoms with E-state index in [1.807, 2.05) is 17.5 Å². The zero-order chi connectivity index (χ0) is 13.4. The van der Waals surface area contributed by atoms with Crippen molar-refractivity contribution < 1.29 is 9.90 Å². The van der Waals surface area contributed by atoms with Crippen LogP contribution in [0, 0.1) is 6.92 Å². The smallest absolute Gasteiger partial charge is 0.347 e. The summed E-state index contributed by atoms with van der Waals surface area (Å²) in [5.74, 6) is -0.927.